The highest BCUT2D eigenvalue weighted by Gasteiger charge is 2.10. The Morgan fingerprint density at radius 3 is 3.08 bits per heavy atom. The van der Waals surface area contributed by atoms with Gasteiger partial charge in [-0.1, -0.05) is 0 Å². The highest BCUT2D eigenvalue weighted by molar-refractivity contribution is 5.92. The summed E-state index contributed by atoms with van der Waals surface area (Å²) in [4.78, 5) is 13.7. The first-order valence-corrected chi connectivity index (χ1v) is 3.69. The van der Waals surface area contributed by atoms with E-state index in [4.69, 9.17) is 5.73 Å². The summed E-state index contributed by atoms with van der Waals surface area (Å²) < 4.78 is 0. The monoisotopic (exact) mass is 163 g/mol. The maximum absolute atomic E-state index is 10.8. The average molecular weight is 163 g/mol. The summed E-state index contributed by atoms with van der Waals surface area (Å²) in [6, 6.07) is 1.76. The minimum absolute atomic E-state index is 0.419. The van der Waals surface area contributed by atoms with E-state index >= 15 is 0 Å². The Labute approximate surface area is 69.5 Å². The molecule has 1 amide bonds. The third kappa shape index (κ3) is 0.972. The number of amides is 1. The molecule has 0 unspecified atom stereocenters. The first kappa shape index (κ1) is 6.97. The smallest absolute Gasteiger partial charge is 0.265 e. The number of H-pyrrole nitrogens is 1. The van der Waals surface area contributed by atoms with Gasteiger partial charge in [0.1, 0.15) is 5.69 Å². The van der Waals surface area contributed by atoms with Gasteiger partial charge in [-0.3, -0.25) is 4.79 Å². The molecule has 4 heteroatoms. The topological polar surface area (TPSA) is 70.9 Å². The summed E-state index contributed by atoms with van der Waals surface area (Å²) in [7, 11) is 0. The second kappa shape index (κ2) is 2.41. The van der Waals surface area contributed by atoms with Crippen LogP contribution >= 0.6 is 0 Å². The van der Waals surface area contributed by atoms with Crippen LogP contribution in [0.25, 0.3) is 6.08 Å². The second-order valence-electron chi connectivity index (χ2n) is 2.70. The molecule has 1 aromatic heterocycles. The Hall–Kier alpha value is -1.71. The molecule has 4 nitrogen and oxygen atoms in total. The average Bonchev–Trinajstić information content (AvgIpc) is 2.46. The number of aromatic nitrogens is 1. The van der Waals surface area contributed by atoms with Gasteiger partial charge in [-0.2, -0.15) is 0 Å². The van der Waals surface area contributed by atoms with Gasteiger partial charge >= 0.3 is 0 Å². The van der Waals surface area contributed by atoms with E-state index in [2.05, 4.69) is 10.3 Å². The molecule has 12 heavy (non-hydrogen) atoms. The van der Waals surface area contributed by atoms with Crippen molar-refractivity contribution in [2.75, 3.05) is 0 Å². The van der Waals surface area contributed by atoms with Crippen molar-refractivity contribution in [3.63, 3.8) is 0 Å². The molecular formula is C8H9N3O. The molecule has 0 atom stereocenters. The summed E-state index contributed by atoms with van der Waals surface area (Å²) in [6.07, 6.45) is 3.75. The molecule has 0 radical (unpaired) electrons. The molecule has 2 rings (SSSR count). The third-order valence-corrected chi connectivity index (χ3v) is 1.86. The van der Waals surface area contributed by atoms with Crippen LogP contribution in [0.2, 0.25) is 0 Å². The number of hydrogen-bond donors (Lipinski definition) is 3. The maximum Gasteiger partial charge on any atom is 0.265 e. The number of nitrogens with one attached hydrogen (secondary N) is 2. The van der Waals surface area contributed by atoms with Gasteiger partial charge in [-0.15, -0.1) is 0 Å². The molecule has 0 bridgehead atoms. The molecule has 0 spiro atoms. The maximum atomic E-state index is 10.8. The van der Waals surface area contributed by atoms with Crippen LogP contribution in [0.15, 0.2) is 12.3 Å². The number of primary amides is 1. The lowest BCUT2D eigenvalue weighted by Crippen LogP contribution is -2.12. The van der Waals surface area contributed by atoms with Crippen LogP contribution in [0.3, 0.4) is 0 Å². The molecule has 0 fully saturated rings. The predicted molar refractivity (Wildman–Crippen MR) is 45.2 cm³/mol. The van der Waals surface area contributed by atoms with Crippen LogP contribution in [0.4, 0.5) is 0 Å². The van der Waals surface area contributed by atoms with Crippen LogP contribution in [0, 0.1) is 0 Å². The first-order valence-electron chi connectivity index (χ1n) is 3.69. The number of rotatable bonds is 1. The van der Waals surface area contributed by atoms with Gasteiger partial charge in [0.15, 0.2) is 0 Å². The van der Waals surface area contributed by atoms with Gasteiger partial charge in [-0.25, -0.2) is 0 Å². The third-order valence-electron chi connectivity index (χ3n) is 1.86. The molecule has 0 aromatic carbocycles. The molecule has 0 saturated heterocycles. The lowest BCUT2D eigenvalue weighted by atomic mass is 10.2. The minimum atomic E-state index is -0.419. The molecule has 1 aliphatic heterocycles. The van der Waals surface area contributed by atoms with E-state index in [1.54, 1.807) is 6.07 Å². The molecule has 0 aliphatic carbocycles. The van der Waals surface area contributed by atoms with E-state index in [0.29, 0.717) is 5.69 Å². The van der Waals surface area contributed by atoms with E-state index < -0.39 is 5.91 Å². The Balaban J connectivity index is 2.46. The SMILES string of the molecule is NC(=O)c1cc2c([nH]1)CNC=C2. The zero-order valence-corrected chi connectivity index (χ0v) is 6.42. The van der Waals surface area contributed by atoms with Gasteiger partial charge in [0.2, 0.25) is 0 Å². The van der Waals surface area contributed by atoms with E-state index in [9.17, 15) is 4.79 Å². The van der Waals surface area contributed by atoms with Crippen LogP contribution in [0.5, 0.6) is 0 Å². The van der Waals surface area contributed by atoms with E-state index in [1.165, 1.54) is 0 Å². The summed E-state index contributed by atoms with van der Waals surface area (Å²) in [5, 5.41) is 3.03. The lowest BCUT2D eigenvalue weighted by molar-refractivity contribution is 0.0996. The normalized spacial score (nSPS) is 13.7. The van der Waals surface area contributed by atoms with Gasteiger partial charge in [0.25, 0.3) is 5.91 Å². The summed E-state index contributed by atoms with van der Waals surface area (Å²) in [5.41, 5.74) is 7.61. The highest BCUT2D eigenvalue weighted by Crippen LogP contribution is 2.15. The molecular weight excluding hydrogens is 154 g/mol. The van der Waals surface area contributed by atoms with E-state index in [-0.39, 0.29) is 0 Å². The van der Waals surface area contributed by atoms with Crippen molar-refractivity contribution < 1.29 is 4.79 Å². The molecule has 1 aliphatic rings. The van der Waals surface area contributed by atoms with Crippen LogP contribution in [0.1, 0.15) is 21.7 Å². The van der Waals surface area contributed by atoms with Crippen molar-refractivity contribution in [1.29, 1.82) is 0 Å². The number of hydrogen-bond acceptors (Lipinski definition) is 2. The molecule has 2 heterocycles. The largest absolute Gasteiger partial charge is 0.385 e. The van der Waals surface area contributed by atoms with Gasteiger partial charge in [0.05, 0.1) is 6.54 Å². The van der Waals surface area contributed by atoms with Crippen molar-refractivity contribution >= 4 is 12.0 Å². The van der Waals surface area contributed by atoms with Crippen LogP contribution in [-0.4, -0.2) is 10.9 Å². The van der Waals surface area contributed by atoms with Crippen LogP contribution < -0.4 is 11.1 Å². The zero-order valence-electron chi connectivity index (χ0n) is 6.42. The van der Waals surface area contributed by atoms with Gasteiger partial charge in [0, 0.05) is 5.69 Å². The Kier molecular flexibility index (Phi) is 1.40. The van der Waals surface area contributed by atoms with Crippen LogP contribution in [-0.2, 0) is 6.54 Å². The Morgan fingerprint density at radius 1 is 1.58 bits per heavy atom. The van der Waals surface area contributed by atoms with Crippen molar-refractivity contribution in [2.24, 2.45) is 5.73 Å². The fraction of sp³-hybridized carbons (Fsp3) is 0.125. The highest BCUT2D eigenvalue weighted by atomic mass is 16.1. The summed E-state index contributed by atoms with van der Waals surface area (Å²) in [6.45, 7) is 0.721. The zero-order chi connectivity index (χ0) is 8.55. The molecule has 4 N–H and O–H groups in total. The van der Waals surface area contributed by atoms with Gasteiger partial charge < -0.3 is 16.0 Å². The second-order valence-corrected chi connectivity index (χ2v) is 2.70. The Morgan fingerprint density at radius 2 is 2.42 bits per heavy atom. The number of nitrogens with two attached hydrogens (primary N) is 1. The van der Waals surface area contributed by atoms with Crippen molar-refractivity contribution in [2.45, 2.75) is 6.54 Å². The fourth-order valence-corrected chi connectivity index (χ4v) is 1.25. The quantitative estimate of drug-likeness (QED) is 0.553. The standard InChI is InChI=1S/C8H9N3O/c9-8(12)6-3-5-1-2-10-4-7(5)11-6/h1-3,10-11H,4H2,(H2,9,12). The van der Waals surface area contributed by atoms with Crippen molar-refractivity contribution in [3.8, 4) is 0 Å². The number of carbonyl (C=O) groups excluding carboxylic acids is 1. The minimum Gasteiger partial charge on any atom is -0.385 e. The summed E-state index contributed by atoms with van der Waals surface area (Å²) in [5.74, 6) is -0.419. The molecule has 1 aromatic rings. The van der Waals surface area contributed by atoms with E-state index in [1.807, 2.05) is 12.3 Å². The predicted octanol–water partition coefficient (Wildman–Crippen LogP) is 0.188. The van der Waals surface area contributed by atoms with Gasteiger partial charge in [-0.05, 0) is 23.9 Å². The fourth-order valence-electron chi connectivity index (χ4n) is 1.25. The number of fused-ring (bicyclic) bond motifs is 1. The lowest BCUT2D eigenvalue weighted by Gasteiger charge is -2.05. The molecule has 0 saturated carbocycles. The first-order chi connectivity index (χ1) is 5.77. The number of aromatic amines is 1. The van der Waals surface area contributed by atoms with E-state index in [0.717, 1.165) is 17.8 Å². The number of carbonyl (C=O) groups is 1. The Bertz CT molecular complexity index is 351. The van der Waals surface area contributed by atoms with Crippen molar-refractivity contribution in [3.05, 3.63) is 29.2 Å². The molecule has 62 valence electrons. The summed E-state index contributed by atoms with van der Waals surface area (Å²) >= 11 is 0. The van der Waals surface area contributed by atoms with Crippen molar-refractivity contribution in [1.82, 2.24) is 10.3 Å².